The summed E-state index contributed by atoms with van der Waals surface area (Å²) in [4.78, 5) is 3.51. The van der Waals surface area contributed by atoms with Gasteiger partial charge in [-0.1, -0.05) is 45.2 Å². The van der Waals surface area contributed by atoms with Crippen molar-refractivity contribution in [3.8, 4) is 0 Å². The standard InChI is InChI=1S/C8H15NS2/c1-8(2,3)6(10)7(11)9(4)5/h1-5H3. The van der Waals surface area contributed by atoms with Gasteiger partial charge in [0.15, 0.2) is 0 Å². The maximum atomic E-state index is 5.21. The minimum atomic E-state index is 0.0106. The average Bonchev–Trinajstić information content (AvgIpc) is 1.82. The summed E-state index contributed by atoms with van der Waals surface area (Å²) >= 11 is 10.3. The zero-order valence-corrected chi connectivity index (χ0v) is 9.40. The Bertz CT molecular complexity index is 177. The molecular weight excluding hydrogens is 174 g/mol. The largest absolute Gasteiger partial charge is 0.368 e. The summed E-state index contributed by atoms with van der Waals surface area (Å²) in [6.07, 6.45) is 0. The van der Waals surface area contributed by atoms with E-state index in [9.17, 15) is 0 Å². The lowest BCUT2D eigenvalue weighted by molar-refractivity contribution is 0.589. The highest BCUT2D eigenvalue weighted by Crippen LogP contribution is 2.17. The summed E-state index contributed by atoms with van der Waals surface area (Å²) in [7, 11) is 3.83. The fourth-order valence-electron chi connectivity index (χ4n) is 0.524. The van der Waals surface area contributed by atoms with Crippen LogP contribution in [0.2, 0.25) is 0 Å². The maximum absolute atomic E-state index is 5.21. The second-order valence-corrected chi connectivity index (χ2v) is 4.57. The van der Waals surface area contributed by atoms with Gasteiger partial charge < -0.3 is 4.90 Å². The fourth-order valence-corrected chi connectivity index (χ4v) is 1.01. The van der Waals surface area contributed by atoms with E-state index in [4.69, 9.17) is 24.4 Å². The van der Waals surface area contributed by atoms with Crippen LogP contribution in [0.3, 0.4) is 0 Å². The zero-order valence-electron chi connectivity index (χ0n) is 7.76. The van der Waals surface area contributed by atoms with E-state index in [0.717, 1.165) is 9.85 Å². The molecule has 0 spiro atoms. The Labute approximate surface area is 79.8 Å². The van der Waals surface area contributed by atoms with Crippen molar-refractivity contribution >= 4 is 34.3 Å². The number of hydrogen-bond donors (Lipinski definition) is 0. The summed E-state index contributed by atoms with van der Waals surface area (Å²) in [5.41, 5.74) is 0.0106. The minimum absolute atomic E-state index is 0.0106. The molecule has 0 heterocycles. The lowest BCUT2D eigenvalue weighted by Crippen LogP contribution is -2.34. The third-order valence-corrected chi connectivity index (χ3v) is 2.79. The molecule has 0 bridgehead atoms. The van der Waals surface area contributed by atoms with Gasteiger partial charge in [0, 0.05) is 19.5 Å². The third kappa shape index (κ3) is 3.25. The SMILES string of the molecule is CN(C)C(=S)C(=S)C(C)(C)C. The number of nitrogens with zero attached hydrogens (tertiary/aromatic N) is 1. The van der Waals surface area contributed by atoms with Crippen molar-refractivity contribution in [1.29, 1.82) is 0 Å². The Hall–Kier alpha value is -0.0200. The summed E-state index contributed by atoms with van der Waals surface area (Å²) < 4.78 is 0. The van der Waals surface area contributed by atoms with Gasteiger partial charge in [-0.2, -0.15) is 0 Å². The van der Waals surface area contributed by atoms with Crippen LogP contribution < -0.4 is 0 Å². The molecule has 0 aliphatic heterocycles. The highest BCUT2D eigenvalue weighted by molar-refractivity contribution is 7.89. The normalized spacial score (nSPS) is 11.0. The monoisotopic (exact) mass is 189 g/mol. The summed E-state index contributed by atoms with van der Waals surface area (Å²) in [5.74, 6) is 0. The van der Waals surface area contributed by atoms with Gasteiger partial charge in [0.2, 0.25) is 0 Å². The molecule has 0 radical (unpaired) electrons. The Balaban J connectivity index is 4.40. The molecule has 0 saturated carbocycles. The van der Waals surface area contributed by atoms with Gasteiger partial charge in [-0.15, -0.1) is 0 Å². The second kappa shape index (κ2) is 3.59. The summed E-state index contributed by atoms with van der Waals surface area (Å²) in [6.45, 7) is 6.22. The predicted molar refractivity (Wildman–Crippen MR) is 58.3 cm³/mol. The van der Waals surface area contributed by atoms with E-state index in [2.05, 4.69) is 20.8 Å². The van der Waals surface area contributed by atoms with Gasteiger partial charge in [0.25, 0.3) is 0 Å². The highest BCUT2D eigenvalue weighted by Gasteiger charge is 2.21. The summed E-state index contributed by atoms with van der Waals surface area (Å²) in [6, 6.07) is 0. The molecule has 0 saturated heterocycles. The van der Waals surface area contributed by atoms with Crippen molar-refractivity contribution in [3.05, 3.63) is 0 Å². The molecular formula is C8H15NS2. The molecule has 0 aliphatic rings. The third-order valence-electron chi connectivity index (χ3n) is 1.28. The Kier molecular flexibility index (Phi) is 3.58. The van der Waals surface area contributed by atoms with E-state index in [1.54, 1.807) is 0 Å². The molecule has 0 N–H and O–H groups in total. The van der Waals surface area contributed by atoms with Crippen molar-refractivity contribution in [2.24, 2.45) is 5.41 Å². The average molecular weight is 189 g/mol. The first-order valence-electron chi connectivity index (χ1n) is 3.53. The molecule has 0 amide bonds. The van der Waals surface area contributed by atoms with Gasteiger partial charge in [0.1, 0.15) is 4.99 Å². The molecule has 0 unspecified atom stereocenters. The molecule has 11 heavy (non-hydrogen) atoms. The second-order valence-electron chi connectivity index (χ2n) is 3.78. The van der Waals surface area contributed by atoms with Crippen LogP contribution in [0.25, 0.3) is 0 Å². The van der Waals surface area contributed by atoms with E-state index in [1.165, 1.54) is 0 Å². The van der Waals surface area contributed by atoms with E-state index in [0.29, 0.717) is 0 Å². The maximum Gasteiger partial charge on any atom is 0.116 e. The van der Waals surface area contributed by atoms with Crippen LogP contribution in [0.1, 0.15) is 20.8 Å². The number of rotatable bonds is 1. The topological polar surface area (TPSA) is 3.24 Å². The first kappa shape index (κ1) is 11.0. The number of thiocarbonyl (C=S) groups is 2. The van der Waals surface area contributed by atoms with Gasteiger partial charge >= 0.3 is 0 Å². The van der Waals surface area contributed by atoms with Gasteiger partial charge in [-0.3, -0.25) is 0 Å². The summed E-state index contributed by atoms with van der Waals surface area (Å²) in [5, 5.41) is 0. The van der Waals surface area contributed by atoms with Crippen LogP contribution in [-0.4, -0.2) is 28.8 Å². The molecule has 0 rings (SSSR count). The molecule has 64 valence electrons. The van der Waals surface area contributed by atoms with Crippen LogP contribution in [0, 0.1) is 5.41 Å². The molecule has 1 nitrogen and oxygen atoms in total. The molecule has 3 heteroatoms. The lowest BCUT2D eigenvalue weighted by atomic mass is 9.92. The Morgan fingerprint density at radius 1 is 1.09 bits per heavy atom. The van der Waals surface area contributed by atoms with E-state index in [1.807, 2.05) is 19.0 Å². The van der Waals surface area contributed by atoms with E-state index >= 15 is 0 Å². The molecule has 0 aromatic rings. The smallest absolute Gasteiger partial charge is 0.116 e. The van der Waals surface area contributed by atoms with Crippen molar-refractivity contribution in [1.82, 2.24) is 4.90 Å². The molecule has 0 aliphatic carbocycles. The van der Waals surface area contributed by atoms with Crippen LogP contribution in [0.5, 0.6) is 0 Å². The van der Waals surface area contributed by atoms with Crippen LogP contribution in [0.4, 0.5) is 0 Å². The quantitative estimate of drug-likeness (QED) is 0.583. The predicted octanol–water partition coefficient (Wildman–Crippen LogP) is 2.29. The zero-order chi connectivity index (χ0) is 9.23. The highest BCUT2D eigenvalue weighted by atomic mass is 32.1. The Morgan fingerprint density at radius 2 is 1.45 bits per heavy atom. The van der Waals surface area contributed by atoms with E-state index < -0.39 is 0 Å². The molecule has 0 aromatic carbocycles. The van der Waals surface area contributed by atoms with Crippen LogP contribution in [-0.2, 0) is 0 Å². The van der Waals surface area contributed by atoms with Crippen molar-refractivity contribution in [2.45, 2.75) is 20.8 Å². The first-order valence-corrected chi connectivity index (χ1v) is 4.34. The van der Waals surface area contributed by atoms with Gasteiger partial charge in [-0.05, 0) is 0 Å². The minimum Gasteiger partial charge on any atom is -0.368 e. The number of hydrogen-bond acceptors (Lipinski definition) is 2. The lowest BCUT2D eigenvalue weighted by Gasteiger charge is -2.24. The van der Waals surface area contributed by atoms with Crippen molar-refractivity contribution < 1.29 is 0 Å². The Morgan fingerprint density at radius 3 is 1.55 bits per heavy atom. The fraction of sp³-hybridized carbons (Fsp3) is 0.750. The van der Waals surface area contributed by atoms with Gasteiger partial charge in [-0.25, -0.2) is 0 Å². The molecule has 0 aromatic heterocycles. The van der Waals surface area contributed by atoms with Crippen LogP contribution >= 0.6 is 24.4 Å². The van der Waals surface area contributed by atoms with E-state index in [-0.39, 0.29) is 5.41 Å². The first-order chi connectivity index (χ1) is 4.76. The van der Waals surface area contributed by atoms with Crippen LogP contribution in [0.15, 0.2) is 0 Å². The van der Waals surface area contributed by atoms with Crippen molar-refractivity contribution in [2.75, 3.05) is 14.1 Å². The molecule has 0 atom stereocenters. The molecule has 0 fully saturated rings. The van der Waals surface area contributed by atoms with Crippen molar-refractivity contribution in [3.63, 3.8) is 0 Å². The van der Waals surface area contributed by atoms with Gasteiger partial charge in [0.05, 0.1) is 4.86 Å².